The predicted octanol–water partition coefficient (Wildman–Crippen LogP) is 4.10. The van der Waals surface area contributed by atoms with Gasteiger partial charge in [-0.15, -0.1) is 0 Å². The minimum absolute atomic E-state index is 0.116. The van der Waals surface area contributed by atoms with Crippen LogP contribution in [0.15, 0.2) is 54.7 Å². The Kier molecular flexibility index (Phi) is 3.40. The van der Waals surface area contributed by atoms with E-state index in [-0.39, 0.29) is 5.91 Å². The Bertz CT molecular complexity index is 807. The number of carbonyl (C=O) groups excluding carboxylic acids is 1. The monoisotopic (exact) mass is 276 g/mol. The van der Waals surface area contributed by atoms with Crippen molar-refractivity contribution in [3.63, 3.8) is 0 Å². The molecule has 0 aliphatic rings. The molecule has 0 aliphatic heterocycles. The number of rotatable bonds is 2. The van der Waals surface area contributed by atoms with Gasteiger partial charge in [-0.05, 0) is 49.7 Å². The van der Waals surface area contributed by atoms with E-state index in [0.717, 1.165) is 22.2 Å². The molecule has 21 heavy (non-hydrogen) atoms. The zero-order valence-corrected chi connectivity index (χ0v) is 12.1. The predicted molar refractivity (Wildman–Crippen MR) is 85.6 cm³/mol. The molecular weight excluding hydrogens is 260 g/mol. The zero-order chi connectivity index (χ0) is 14.8. The van der Waals surface area contributed by atoms with Crippen molar-refractivity contribution < 1.29 is 4.79 Å². The van der Waals surface area contributed by atoms with E-state index in [0.29, 0.717) is 5.56 Å². The maximum Gasteiger partial charge on any atom is 0.255 e. The van der Waals surface area contributed by atoms with Gasteiger partial charge in [-0.2, -0.15) is 0 Å². The molecule has 2 aromatic carbocycles. The number of carbonyl (C=O) groups is 1. The number of aryl methyl sites for hydroxylation is 2. The molecule has 0 unspecified atom stereocenters. The van der Waals surface area contributed by atoms with Crippen LogP contribution in [0.25, 0.3) is 10.9 Å². The second-order valence-electron chi connectivity index (χ2n) is 5.18. The van der Waals surface area contributed by atoms with Crippen molar-refractivity contribution in [3.05, 3.63) is 71.4 Å². The summed E-state index contributed by atoms with van der Waals surface area (Å²) in [6.45, 7) is 4.01. The number of nitrogens with one attached hydrogen (secondary N) is 1. The number of amides is 1. The Morgan fingerprint density at radius 3 is 2.57 bits per heavy atom. The van der Waals surface area contributed by atoms with Crippen LogP contribution in [0.2, 0.25) is 0 Å². The van der Waals surface area contributed by atoms with Gasteiger partial charge in [0.25, 0.3) is 5.91 Å². The Hall–Kier alpha value is -2.68. The number of pyridine rings is 1. The molecule has 1 aromatic heterocycles. The summed E-state index contributed by atoms with van der Waals surface area (Å²) >= 11 is 0. The van der Waals surface area contributed by atoms with Crippen LogP contribution >= 0.6 is 0 Å². The van der Waals surface area contributed by atoms with Crippen molar-refractivity contribution in [2.75, 3.05) is 5.32 Å². The molecule has 0 saturated heterocycles. The topological polar surface area (TPSA) is 42.0 Å². The van der Waals surface area contributed by atoms with E-state index in [4.69, 9.17) is 0 Å². The highest BCUT2D eigenvalue weighted by Crippen LogP contribution is 2.19. The van der Waals surface area contributed by atoms with Crippen LogP contribution in [0.1, 0.15) is 21.5 Å². The van der Waals surface area contributed by atoms with Crippen molar-refractivity contribution in [1.29, 1.82) is 0 Å². The second-order valence-corrected chi connectivity index (χ2v) is 5.18. The first-order valence-corrected chi connectivity index (χ1v) is 6.87. The van der Waals surface area contributed by atoms with Gasteiger partial charge in [0.2, 0.25) is 0 Å². The molecule has 1 amide bonds. The fraction of sp³-hybridized carbons (Fsp3) is 0.111. The van der Waals surface area contributed by atoms with Gasteiger partial charge in [-0.1, -0.05) is 23.8 Å². The van der Waals surface area contributed by atoms with Crippen LogP contribution in [0.5, 0.6) is 0 Å². The summed E-state index contributed by atoms with van der Waals surface area (Å²) in [4.78, 5) is 16.7. The normalized spacial score (nSPS) is 10.6. The van der Waals surface area contributed by atoms with Crippen LogP contribution in [0, 0.1) is 13.8 Å². The third-order valence-corrected chi connectivity index (χ3v) is 3.50. The molecule has 3 aromatic rings. The van der Waals surface area contributed by atoms with Crippen molar-refractivity contribution in [2.24, 2.45) is 0 Å². The fourth-order valence-electron chi connectivity index (χ4n) is 2.34. The van der Waals surface area contributed by atoms with Gasteiger partial charge in [0, 0.05) is 22.8 Å². The molecule has 3 rings (SSSR count). The summed E-state index contributed by atoms with van der Waals surface area (Å²) < 4.78 is 0. The highest BCUT2D eigenvalue weighted by Gasteiger charge is 2.09. The fourth-order valence-corrected chi connectivity index (χ4v) is 2.34. The number of nitrogens with zero attached hydrogens (tertiary/aromatic N) is 1. The van der Waals surface area contributed by atoms with Gasteiger partial charge in [-0.25, -0.2) is 0 Å². The standard InChI is InChI=1S/C18H16N2O/c1-12-5-7-15(8-6-12)20-18(21)14-10-13(2)16-4-3-9-19-17(16)11-14/h3-11H,1-2H3,(H,20,21). The molecule has 104 valence electrons. The minimum atomic E-state index is -0.116. The molecule has 0 atom stereocenters. The van der Waals surface area contributed by atoms with E-state index >= 15 is 0 Å². The smallest absolute Gasteiger partial charge is 0.255 e. The summed E-state index contributed by atoms with van der Waals surface area (Å²) in [5.74, 6) is -0.116. The summed E-state index contributed by atoms with van der Waals surface area (Å²) in [5, 5.41) is 3.98. The third-order valence-electron chi connectivity index (χ3n) is 3.50. The van der Waals surface area contributed by atoms with Crippen molar-refractivity contribution in [3.8, 4) is 0 Å². The minimum Gasteiger partial charge on any atom is -0.322 e. The number of anilines is 1. The number of aromatic nitrogens is 1. The Morgan fingerprint density at radius 2 is 1.81 bits per heavy atom. The SMILES string of the molecule is Cc1ccc(NC(=O)c2cc(C)c3cccnc3c2)cc1. The van der Waals surface area contributed by atoms with Crippen LogP contribution in [0.3, 0.4) is 0 Å². The van der Waals surface area contributed by atoms with Crippen molar-refractivity contribution in [2.45, 2.75) is 13.8 Å². The molecule has 0 bridgehead atoms. The molecular formula is C18H16N2O. The van der Waals surface area contributed by atoms with E-state index < -0.39 is 0 Å². The Labute approximate surface area is 123 Å². The lowest BCUT2D eigenvalue weighted by Gasteiger charge is -2.08. The van der Waals surface area contributed by atoms with E-state index in [1.54, 1.807) is 6.20 Å². The zero-order valence-electron chi connectivity index (χ0n) is 12.1. The molecule has 0 radical (unpaired) electrons. The molecule has 3 nitrogen and oxygen atoms in total. The van der Waals surface area contributed by atoms with Gasteiger partial charge in [0.1, 0.15) is 0 Å². The molecule has 0 fully saturated rings. The third kappa shape index (κ3) is 2.77. The van der Waals surface area contributed by atoms with Gasteiger partial charge in [0.05, 0.1) is 5.52 Å². The van der Waals surface area contributed by atoms with Crippen LogP contribution in [-0.2, 0) is 0 Å². The highest BCUT2D eigenvalue weighted by molar-refractivity contribution is 6.06. The molecule has 1 N–H and O–H groups in total. The van der Waals surface area contributed by atoms with Crippen LogP contribution in [-0.4, -0.2) is 10.9 Å². The lowest BCUT2D eigenvalue weighted by molar-refractivity contribution is 0.102. The van der Waals surface area contributed by atoms with E-state index in [1.165, 1.54) is 5.56 Å². The lowest BCUT2D eigenvalue weighted by Crippen LogP contribution is -2.12. The summed E-state index contributed by atoms with van der Waals surface area (Å²) in [5.41, 5.74) is 4.48. The average Bonchev–Trinajstić information content (AvgIpc) is 2.49. The number of benzene rings is 2. The largest absolute Gasteiger partial charge is 0.322 e. The molecule has 0 saturated carbocycles. The summed E-state index contributed by atoms with van der Waals surface area (Å²) in [6.07, 6.45) is 1.74. The highest BCUT2D eigenvalue weighted by atomic mass is 16.1. The number of hydrogen-bond acceptors (Lipinski definition) is 2. The van der Waals surface area contributed by atoms with Crippen molar-refractivity contribution in [1.82, 2.24) is 4.98 Å². The molecule has 0 aliphatic carbocycles. The maximum atomic E-state index is 12.4. The first-order valence-electron chi connectivity index (χ1n) is 6.87. The van der Waals surface area contributed by atoms with Crippen LogP contribution < -0.4 is 5.32 Å². The Balaban J connectivity index is 1.92. The Morgan fingerprint density at radius 1 is 1.05 bits per heavy atom. The quantitative estimate of drug-likeness (QED) is 0.765. The average molecular weight is 276 g/mol. The number of hydrogen-bond donors (Lipinski definition) is 1. The summed E-state index contributed by atoms with van der Waals surface area (Å²) in [6, 6.07) is 15.4. The first-order chi connectivity index (χ1) is 10.1. The van der Waals surface area contributed by atoms with Gasteiger partial charge in [0.15, 0.2) is 0 Å². The van der Waals surface area contributed by atoms with Gasteiger partial charge in [-0.3, -0.25) is 9.78 Å². The van der Waals surface area contributed by atoms with E-state index in [1.807, 2.05) is 62.4 Å². The first kappa shape index (κ1) is 13.3. The molecule has 3 heteroatoms. The summed E-state index contributed by atoms with van der Waals surface area (Å²) in [7, 11) is 0. The van der Waals surface area contributed by atoms with Crippen LogP contribution in [0.4, 0.5) is 5.69 Å². The maximum absolute atomic E-state index is 12.4. The second kappa shape index (κ2) is 5.37. The van der Waals surface area contributed by atoms with Crippen molar-refractivity contribution >= 4 is 22.5 Å². The van der Waals surface area contributed by atoms with E-state index in [9.17, 15) is 4.79 Å². The molecule has 1 heterocycles. The van der Waals surface area contributed by atoms with Gasteiger partial charge >= 0.3 is 0 Å². The molecule has 0 spiro atoms. The van der Waals surface area contributed by atoms with Gasteiger partial charge < -0.3 is 5.32 Å². The number of fused-ring (bicyclic) bond motifs is 1. The lowest BCUT2D eigenvalue weighted by atomic mass is 10.0. The van der Waals surface area contributed by atoms with E-state index in [2.05, 4.69) is 10.3 Å².